The van der Waals surface area contributed by atoms with Gasteiger partial charge in [-0.25, -0.2) is 4.79 Å². The van der Waals surface area contributed by atoms with E-state index in [9.17, 15) is 4.79 Å². The van der Waals surface area contributed by atoms with E-state index in [4.69, 9.17) is 9.47 Å². The van der Waals surface area contributed by atoms with Gasteiger partial charge in [-0.1, -0.05) is 24.3 Å². The highest BCUT2D eigenvalue weighted by atomic mass is 16.7. The summed E-state index contributed by atoms with van der Waals surface area (Å²) < 4.78 is 11.2. The Hall–Kier alpha value is -2.93. The molecule has 35 heavy (non-hydrogen) atoms. The van der Waals surface area contributed by atoms with Crippen LogP contribution >= 0.6 is 0 Å². The molecule has 1 saturated heterocycles. The lowest BCUT2D eigenvalue weighted by atomic mass is 9.84. The molecule has 1 N–H and O–H groups in total. The molecule has 2 amide bonds. The van der Waals surface area contributed by atoms with Crippen LogP contribution in [0.15, 0.2) is 42.5 Å². The molecule has 1 saturated carbocycles. The molecule has 3 aliphatic heterocycles. The van der Waals surface area contributed by atoms with Gasteiger partial charge in [-0.2, -0.15) is 0 Å². The van der Waals surface area contributed by atoms with Gasteiger partial charge in [0, 0.05) is 44.5 Å². The Kier molecular flexibility index (Phi) is 6.42. The zero-order chi connectivity index (χ0) is 23.6. The number of hydrogen-bond acceptors (Lipinski definition) is 5. The monoisotopic (exact) mass is 476 g/mol. The molecule has 1 aliphatic carbocycles. The molecular weight excluding hydrogens is 440 g/mol. The first kappa shape index (κ1) is 22.5. The smallest absolute Gasteiger partial charge is 0.322 e. The van der Waals surface area contributed by atoms with Gasteiger partial charge in [0.1, 0.15) is 0 Å². The second-order valence-corrected chi connectivity index (χ2v) is 10.3. The Morgan fingerprint density at radius 2 is 1.69 bits per heavy atom. The quantitative estimate of drug-likeness (QED) is 0.699. The second-order valence-electron chi connectivity index (χ2n) is 10.3. The van der Waals surface area contributed by atoms with E-state index in [2.05, 4.69) is 45.4 Å². The molecule has 0 unspecified atom stereocenters. The van der Waals surface area contributed by atoms with Gasteiger partial charge < -0.3 is 19.7 Å². The number of fused-ring (bicyclic) bond motifs is 2. The summed E-state index contributed by atoms with van der Waals surface area (Å²) in [4.78, 5) is 19.8. The maximum absolute atomic E-state index is 12.9. The fraction of sp³-hybridized carbons (Fsp3) is 0.536. The number of hydrogen-bond donors (Lipinski definition) is 1. The molecule has 6 rings (SSSR count). The number of benzene rings is 2. The third-order valence-corrected chi connectivity index (χ3v) is 8.25. The maximum atomic E-state index is 12.9. The fourth-order valence-electron chi connectivity index (χ4n) is 6.14. The van der Waals surface area contributed by atoms with E-state index in [0.29, 0.717) is 12.8 Å². The highest BCUT2D eigenvalue weighted by Crippen LogP contribution is 2.41. The third-order valence-electron chi connectivity index (χ3n) is 8.25. The summed E-state index contributed by atoms with van der Waals surface area (Å²) in [5.74, 6) is 2.54. The van der Waals surface area contributed by atoms with Crippen LogP contribution in [0.2, 0.25) is 0 Å². The molecule has 2 aromatic carbocycles. The molecule has 0 spiro atoms. The molecule has 0 atom stereocenters. The number of urea groups is 1. The Balaban J connectivity index is 0.916. The average molecular weight is 477 g/mol. The molecule has 0 bridgehead atoms. The predicted molar refractivity (Wildman–Crippen MR) is 138 cm³/mol. The summed E-state index contributed by atoms with van der Waals surface area (Å²) in [5.41, 5.74) is 3.52. The van der Waals surface area contributed by atoms with Gasteiger partial charge in [-0.3, -0.25) is 9.80 Å². The van der Waals surface area contributed by atoms with E-state index in [0.717, 1.165) is 80.8 Å². The highest BCUT2D eigenvalue weighted by molar-refractivity contribution is 5.94. The van der Waals surface area contributed by atoms with Gasteiger partial charge >= 0.3 is 6.03 Å². The normalized spacial score (nSPS) is 23.9. The lowest BCUT2D eigenvalue weighted by molar-refractivity contribution is 0.173. The first-order valence-corrected chi connectivity index (χ1v) is 13.3. The first-order chi connectivity index (χ1) is 17.2. The Morgan fingerprint density at radius 1 is 0.886 bits per heavy atom. The number of rotatable bonds is 5. The number of nitrogens with one attached hydrogen (secondary N) is 1. The largest absolute Gasteiger partial charge is 0.454 e. The maximum Gasteiger partial charge on any atom is 0.322 e. The summed E-state index contributed by atoms with van der Waals surface area (Å²) in [5, 5.41) is 3.32. The Labute approximate surface area is 208 Å². The number of amides is 2. The van der Waals surface area contributed by atoms with Gasteiger partial charge in [0.2, 0.25) is 6.79 Å². The van der Waals surface area contributed by atoms with Gasteiger partial charge in [0.25, 0.3) is 0 Å². The van der Waals surface area contributed by atoms with Crippen LogP contribution < -0.4 is 24.6 Å². The number of nitrogens with zero attached hydrogens (tertiary/aromatic N) is 3. The van der Waals surface area contributed by atoms with Crippen LogP contribution in [0.1, 0.15) is 37.7 Å². The van der Waals surface area contributed by atoms with Crippen molar-refractivity contribution in [1.29, 1.82) is 0 Å². The number of piperazine rings is 1. The molecule has 3 heterocycles. The highest BCUT2D eigenvalue weighted by Gasteiger charge is 2.29. The molecule has 2 aromatic rings. The average Bonchev–Trinajstić information content (AvgIpc) is 3.56. The van der Waals surface area contributed by atoms with Crippen molar-refractivity contribution in [2.75, 3.05) is 55.9 Å². The Bertz CT molecular complexity index is 1040. The lowest BCUT2D eigenvalue weighted by Gasteiger charge is -2.37. The number of carbonyl (C=O) groups is 1. The molecule has 0 aromatic heterocycles. The third kappa shape index (κ3) is 4.79. The second kappa shape index (κ2) is 9.97. The Morgan fingerprint density at radius 3 is 2.54 bits per heavy atom. The van der Waals surface area contributed by atoms with Crippen LogP contribution in [0, 0.1) is 5.92 Å². The summed E-state index contributed by atoms with van der Waals surface area (Å²) in [6.45, 7) is 6.52. The van der Waals surface area contributed by atoms with Crippen molar-refractivity contribution >= 4 is 17.4 Å². The van der Waals surface area contributed by atoms with Crippen molar-refractivity contribution in [2.24, 2.45) is 5.92 Å². The van der Waals surface area contributed by atoms with Gasteiger partial charge in [-0.15, -0.1) is 0 Å². The van der Waals surface area contributed by atoms with Crippen LogP contribution in [0.3, 0.4) is 0 Å². The van der Waals surface area contributed by atoms with Crippen LogP contribution in [-0.2, 0) is 6.42 Å². The summed E-state index contributed by atoms with van der Waals surface area (Å²) in [6.07, 6.45) is 6.85. The van der Waals surface area contributed by atoms with Gasteiger partial charge in [-0.05, 0) is 74.8 Å². The van der Waals surface area contributed by atoms with E-state index < -0.39 is 0 Å². The minimum atomic E-state index is 0.0808. The number of anilines is 2. The van der Waals surface area contributed by atoms with Crippen molar-refractivity contribution in [3.05, 3.63) is 48.0 Å². The molecule has 7 nitrogen and oxygen atoms in total. The molecule has 2 fully saturated rings. The van der Waals surface area contributed by atoms with Crippen molar-refractivity contribution in [2.45, 2.75) is 44.6 Å². The standard InChI is InChI=1S/C28H36N4O3/c33-28(32-15-13-22-4-1-2-5-24(22)32)29-23-10-8-21(9-11-23)12-14-30-16-18-31(19-17-30)25-6-3-7-26-27(25)35-20-34-26/h1-7,21,23H,8-20H2,(H,29,33)/t21-,23-. The molecule has 4 aliphatic rings. The zero-order valence-electron chi connectivity index (χ0n) is 20.5. The van der Waals surface area contributed by atoms with Gasteiger partial charge in [0.05, 0.1) is 5.69 Å². The van der Waals surface area contributed by atoms with E-state index in [-0.39, 0.29) is 6.03 Å². The van der Waals surface area contributed by atoms with Crippen molar-refractivity contribution < 1.29 is 14.3 Å². The summed E-state index contributed by atoms with van der Waals surface area (Å²) in [7, 11) is 0. The molecular formula is C28H36N4O3. The molecule has 7 heteroatoms. The van der Waals surface area contributed by atoms with Crippen LogP contribution in [0.25, 0.3) is 0 Å². The lowest BCUT2D eigenvalue weighted by Crippen LogP contribution is -2.47. The predicted octanol–water partition coefficient (Wildman–Crippen LogP) is 4.26. The van der Waals surface area contributed by atoms with E-state index in [1.165, 1.54) is 31.4 Å². The zero-order valence-corrected chi connectivity index (χ0v) is 20.5. The topological polar surface area (TPSA) is 57.3 Å². The minimum Gasteiger partial charge on any atom is -0.454 e. The molecule has 0 radical (unpaired) electrons. The van der Waals surface area contributed by atoms with Crippen LogP contribution in [-0.4, -0.2) is 63.0 Å². The molecule has 186 valence electrons. The van der Waals surface area contributed by atoms with Crippen LogP contribution in [0.5, 0.6) is 11.5 Å². The fourth-order valence-corrected chi connectivity index (χ4v) is 6.14. The first-order valence-electron chi connectivity index (χ1n) is 13.3. The van der Waals surface area contributed by atoms with E-state index in [1.54, 1.807) is 0 Å². The number of ether oxygens (including phenoxy) is 2. The minimum absolute atomic E-state index is 0.0808. The number of carbonyl (C=O) groups excluding carboxylic acids is 1. The van der Waals surface area contributed by atoms with Gasteiger partial charge in [0.15, 0.2) is 11.5 Å². The van der Waals surface area contributed by atoms with E-state index in [1.807, 2.05) is 17.0 Å². The van der Waals surface area contributed by atoms with Crippen molar-refractivity contribution in [3.8, 4) is 11.5 Å². The van der Waals surface area contributed by atoms with Crippen LogP contribution in [0.4, 0.5) is 16.2 Å². The van der Waals surface area contributed by atoms with Crippen molar-refractivity contribution in [3.63, 3.8) is 0 Å². The summed E-state index contributed by atoms with van der Waals surface area (Å²) in [6, 6.07) is 14.8. The SMILES string of the molecule is O=C(N[C@H]1CC[C@H](CCN2CCN(c3cccc4c3OCO4)CC2)CC1)N1CCc2ccccc21. The van der Waals surface area contributed by atoms with Crippen molar-refractivity contribution in [1.82, 2.24) is 10.2 Å². The van der Waals surface area contributed by atoms with E-state index >= 15 is 0 Å². The summed E-state index contributed by atoms with van der Waals surface area (Å²) >= 11 is 0. The number of para-hydroxylation sites is 2.